The number of carboxylic acid groups (broad SMARTS) is 1. The van der Waals surface area contributed by atoms with E-state index in [4.69, 9.17) is 5.11 Å². The smallest absolute Gasteiger partial charge is 0.358 e. The van der Waals surface area contributed by atoms with Crippen molar-refractivity contribution in [1.29, 1.82) is 0 Å². The highest BCUT2D eigenvalue weighted by Gasteiger charge is 2.10. The monoisotopic (exact) mass is 247 g/mol. The summed E-state index contributed by atoms with van der Waals surface area (Å²) in [4.78, 5) is 26.0. The number of hydrogen-bond donors (Lipinski definition) is 2. The van der Waals surface area contributed by atoms with Gasteiger partial charge in [0, 0.05) is 6.20 Å². The van der Waals surface area contributed by atoms with Crippen LogP contribution in [0.5, 0.6) is 0 Å². The fourth-order valence-electron chi connectivity index (χ4n) is 1.26. The maximum atomic E-state index is 11.6. The molecule has 0 aliphatic carbocycles. The number of aromatic nitrogens is 4. The summed E-state index contributed by atoms with van der Waals surface area (Å²) in [5.41, 5.74) is 0.352. The number of amides is 1. The SMILES string of the molecule is O=C(Cn1cc(C(=O)O)nn1)Nc1cccnc1. The number of carboxylic acids is 1. The first-order chi connectivity index (χ1) is 8.65. The molecule has 0 saturated heterocycles. The topological polar surface area (TPSA) is 110 Å². The van der Waals surface area contributed by atoms with Gasteiger partial charge in [-0.05, 0) is 12.1 Å². The Bertz CT molecular complexity index is 566. The van der Waals surface area contributed by atoms with Gasteiger partial charge in [-0.15, -0.1) is 5.10 Å². The lowest BCUT2D eigenvalue weighted by atomic mass is 10.4. The molecule has 0 aliphatic heterocycles. The third-order valence-electron chi connectivity index (χ3n) is 2.01. The summed E-state index contributed by atoms with van der Waals surface area (Å²) in [5, 5.41) is 18.2. The van der Waals surface area contributed by atoms with Gasteiger partial charge in [0.1, 0.15) is 6.54 Å². The Hall–Kier alpha value is -2.77. The number of rotatable bonds is 4. The Balaban J connectivity index is 1.97. The van der Waals surface area contributed by atoms with Crippen LogP contribution < -0.4 is 5.32 Å². The van der Waals surface area contributed by atoms with Crippen LogP contribution in [0, 0.1) is 0 Å². The van der Waals surface area contributed by atoms with E-state index in [0.29, 0.717) is 5.69 Å². The highest BCUT2D eigenvalue weighted by atomic mass is 16.4. The van der Waals surface area contributed by atoms with E-state index in [1.807, 2.05) is 0 Å². The van der Waals surface area contributed by atoms with E-state index in [1.54, 1.807) is 18.3 Å². The van der Waals surface area contributed by atoms with Crippen molar-refractivity contribution in [1.82, 2.24) is 20.0 Å². The molecule has 0 bridgehead atoms. The minimum absolute atomic E-state index is 0.116. The van der Waals surface area contributed by atoms with Gasteiger partial charge in [0.05, 0.1) is 18.1 Å². The van der Waals surface area contributed by atoms with Gasteiger partial charge >= 0.3 is 5.97 Å². The summed E-state index contributed by atoms with van der Waals surface area (Å²) < 4.78 is 1.15. The van der Waals surface area contributed by atoms with E-state index in [0.717, 1.165) is 4.68 Å². The van der Waals surface area contributed by atoms with Gasteiger partial charge in [-0.1, -0.05) is 5.21 Å². The predicted octanol–water partition coefficient (Wildman–Crippen LogP) is 0.01000. The third-order valence-corrected chi connectivity index (χ3v) is 2.01. The molecule has 8 heteroatoms. The molecule has 1 amide bonds. The van der Waals surface area contributed by atoms with Crippen LogP contribution in [-0.4, -0.2) is 37.0 Å². The highest BCUT2D eigenvalue weighted by molar-refractivity contribution is 5.90. The minimum atomic E-state index is -1.19. The summed E-state index contributed by atoms with van der Waals surface area (Å²) in [7, 11) is 0. The standard InChI is InChI=1S/C10H9N5O3/c16-9(12-7-2-1-3-11-4-7)6-15-5-8(10(17)18)13-14-15/h1-5H,6H2,(H,12,16)(H,17,18). The minimum Gasteiger partial charge on any atom is -0.476 e. The fraction of sp³-hybridized carbons (Fsp3) is 0.100. The Morgan fingerprint density at radius 1 is 1.44 bits per heavy atom. The number of nitrogens with one attached hydrogen (secondary N) is 1. The summed E-state index contributed by atoms with van der Waals surface area (Å²) in [6, 6.07) is 3.38. The van der Waals surface area contributed by atoms with Crippen LogP contribution in [0.1, 0.15) is 10.5 Å². The maximum absolute atomic E-state index is 11.6. The molecule has 18 heavy (non-hydrogen) atoms. The number of aromatic carboxylic acids is 1. The molecule has 0 unspecified atom stereocenters. The normalized spacial score (nSPS) is 10.0. The van der Waals surface area contributed by atoms with Gasteiger partial charge in [0.25, 0.3) is 0 Å². The molecule has 8 nitrogen and oxygen atoms in total. The van der Waals surface area contributed by atoms with E-state index >= 15 is 0 Å². The zero-order valence-electron chi connectivity index (χ0n) is 9.15. The van der Waals surface area contributed by atoms with Crippen molar-refractivity contribution in [3.05, 3.63) is 36.4 Å². The van der Waals surface area contributed by atoms with Crippen molar-refractivity contribution >= 4 is 17.6 Å². The van der Waals surface area contributed by atoms with E-state index < -0.39 is 5.97 Å². The second-order valence-electron chi connectivity index (χ2n) is 3.40. The molecule has 0 fully saturated rings. The molecule has 2 aromatic rings. The molecule has 2 heterocycles. The summed E-state index contributed by atoms with van der Waals surface area (Å²) in [6.45, 7) is -0.116. The molecule has 92 valence electrons. The summed E-state index contributed by atoms with van der Waals surface area (Å²) >= 11 is 0. The lowest BCUT2D eigenvalue weighted by molar-refractivity contribution is -0.116. The summed E-state index contributed by atoms with van der Waals surface area (Å²) in [5.74, 6) is -1.53. The van der Waals surface area contributed by atoms with Crippen molar-refractivity contribution in [3.63, 3.8) is 0 Å². The molecular weight excluding hydrogens is 238 g/mol. The molecule has 0 spiro atoms. The Labute approximate surface area is 101 Å². The van der Waals surface area contributed by atoms with Crippen molar-refractivity contribution < 1.29 is 14.7 Å². The van der Waals surface area contributed by atoms with Crippen molar-refractivity contribution in [2.75, 3.05) is 5.32 Å². The number of carbonyl (C=O) groups excluding carboxylic acids is 1. The van der Waals surface area contributed by atoms with Crippen LogP contribution in [0.2, 0.25) is 0 Å². The van der Waals surface area contributed by atoms with Gasteiger partial charge < -0.3 is 10.4 Å². The molecule has 0 aliphatic rings. The van der Waals surface area contributed by atoms with Crippen LogP contribution >= 0.6 is 0 Å². The zero-order valence-corrected chi connectivity index (χ0v) is 9.15. The Morgan fingerprint density at radius 2 is 2.28 bits per heavy atom. The van der Waals surface area contributed by atoms with Crippen LogP contribution in [0.25, 0.3) is 0 Å². The molecular formula is C10H9N5O3. The molecule has 0 radical (unpaired) electrons. The summed E-state index contributed by atoms with van der Waals surface area (Å²) in [6.07, 6.45) is 4.28. The van der Waals surface area contributed by atoms with Gasteiger partial charge in [-0.3, -0.25) is 9.78 Å². The van der Waals surface area contributed by atoms with Gasteiger partial charge in [-0.25, -0.2) is 9.48 Å². The molecule has 0 atom stereocenters. The van der Waals surface area contributed by atoms with Crippen LogP contribution in [-0.2, 0) is 11.3 Å². The second kappa shape index (κ2) is 5.04. The van der Waals surface area contributed by atoms with E-state index in [2.05, 4.69) is 20.6 Å². The highest BCUT2D eigenvalue weighted by Crippen LogP contribution is 2.02. The van der Waals surface area contributed by atoms with E-state index in [9.17, 15) is 9.59 Å². The quantitative estimate of drug-likeness (QED) is 0.787. The molecule has 2 aromatic heterocycles. The number of pyridine rings is 1. The van der Waals surface area contributed by atoms with E-state index in [-0.39, 0.29) is 18.1 Å². The van der Waals surface area contributed by atoms with Gasteiger partial charge in [0.2, 0.25) is 5.91 Å². The van der Waals surface area contributed by atoms with E-state index in [1.165, 1.54) is 12.4 Å². The molecule has 2 rings (SSSR count). The Kier molecular flexibility index (Phi) is 3.28. The van der Waals surface area contributed by atoms with Crippen LogP contribution in [0.4, 0.5) is 5.69 Å². The molecule has 0 saturated carbocycles. The fourth-order valence-corrected chi connectivity index (χ4v) is 1.26. The maximum Gasteiger partial charge on any atom is 0.358 e. The van der Waals surface area contributed by atoms with Crippen LogP contribution in [0.3, 0.4) is 0 Å². The lowest BCUT2D eigenvalue weighted by Crippen LogP contribution is -2.19. The van der Waals surface area contributed by atoms with Crippen molar-refractivity contribution in [2.45, 2.75) is 6.54 Å². The van der Waals surface area contributed by atoms with Gasteiger partial charge in [0.15, 0.2) is 5.69 Å². The first-order valence-electron chi connectivity index (χ1n) is 4.98. The number of carbonyl (C=O) groups is 2. The first-order valence-corrected chi connectivity index (χ1v) is 4.98. The predicted molar refractivity (Wildman–Crippen MR) is 59.8 cm³/mol. The number of anilines is 1. The molecule has 0 aromatic carbocycles. The number of hydrogen-bond acceptors (Lipinski definition) is 5. The second-order valence-corrected chi connectivity index (χ2v) is 3.40. The van der Waals surface area contributed by atoms with Gasteiger partial charge in [-0.2, -0.15) is 0 Å². The Morgan fingerprint density at radius 3 is 2.89 bits per heavy atom. The third kappa shape index (κ3) is 2.88. The molecule has 2 N–H and O–H groups in total. The average Bonchev–Trinajstić information content (AvgIpc) is 2.78. The lowest BCUT2D eigenvalue weighted by Gasteiger charge is -2.03. The largest absolute Gasteiger partial charge is 0.476 e. The number of nitrogens with zero attached hydrogens (tertiary/aromatic N) is 4. The van der Waals surface area contributed by atoms with Crippen molar-refractivity contribution in [3.8, 4) is 0 Å². The van der Waals surface area contributed by atoms with Crippen molar-refractivity contribution in [2.24, 2.45) is 0 Å². The van der Waals surface area contributed by atoms with Crippen LogP contribution in [0.15, 0.2) is 30.7 Å². The average molecular weight is 247 g/mol. The zero-order chi connectivity index (χ0) is 13.0. The first kappa shape index (κ1) is 11.7.